The van der Waals surface area contributed by atoms with Gasteiger partial charge in [0, 0.05) is 23.5 Å². The van der Waals surface area contributed by atoms with Crippen LogP contribution in [0.2, 0.25) is 0 Å². The summed E-state index contributed by atoms with van der Waals surface area (Å²) >= 11 is 5.06. The zero-order chi connectivity index (χ0) is 12.5. The first-order chi connectivity index (χ1) is 8.74. The zero-order valence-electron chi connectivity index (χ0n) is 9.67. The van der Waals surface area contributed by atoms with E-state index in [1.807, 2.05) is 28.9 Å². The van der Waals surface area contributed by atoms with E-state index in [9.17, 15) is 0 Å². The fraction of sp³-hybridized carbons (Fsp3) is 0.0769. The van der Waals surface area contributed by atoms with Crippen LogP contribution in [0.1, 0.15) is 5.56 Å². The Bertz CT molecular complexity index is 708. The van der Waals surface area contributed by atoms with Gasteiger partial charge in [-0.3, -0.25) is 0 Å². The van der Waals surface area contributed by atoms with Crippen LogP contribution in [0.3, 0.4) is 0 Å². The minimum Gasteiger partial charge on any atom is -0.302 e. The third-order valence-electron chi connectivity index (χ3n) is 2.61. The highest BCUT2D eigenvalue weighted by molar-refractivity contribution is 9.10. The number of aromatic nitrogens is 3. The minimum atomic E-state index is 0.809. The Labute approximate surface area is 117 Å². The lowest BCUT2D eigenvalue weighted by Gasteiger charge is -2.06. The van der Waals surface area contributed by atoms with Crippen molar-refractivity contribution in [1.29, 1.82) is 0 Å². The lowest BCUT2D eigenvalue weighted by Crippen LogP contribution is -1.92. The maximum absolute atomic E-state index is 4.51. The SMILES string of the molecule is Cc1ccccc1Sc1nc(Br)cn2ccnc12. The Morgan fingerprint density at radius 2 is 2.11 bits per heavy atom. The van der Waals surface area contributed by atoms with Gasteiger partial charge in [-0.15, -0.1) is 0 Å². The largest absolute Gasteiger partial charge is 0.302 e. The summed E-state index contributed by atoms with van der Waals surface area (Å²) in [7, 11) is 0. The van der Waals surface area contributed by atoms with Crippen LogP contribution in [0, 0.1) is 6.92 Å². The van der Waals surface area contributed by atoms with Crippen molar-refractivity contribution in [2.45, 2.75) is 16.8 Å². The van der Waals surface area contributed by atoms with Gasteiger partial charge in [-0.2, -0.15) is 0 Å². The molecule has 18 heavy (non-hydrogen) atoms. The molecule has 0 amide bonds. The topological polar surface area (TPSA) is 30.2 Å². The van der Waals surface area contributed by atoms with E-state index in [1.54, 1.807) is 18.0 Å². The van der Waals surface area contributed by atoms with Crippen molar-refractivity contribution in [3.8, 4) is 0 Å². The predicted molar refractivity (Wildman–Crippen MR) is 76.0 cm³/mol. The molecule has 0 saturated heterocycles. The maximum Gasteiger partial charge on any atom is 0.170 e. The number of fused-ring (bicyclic) bond motifs is 1. The molecule has 0 N–H and O–H groups in total. The molecule has 1 aromatic carbocycles. The van der Waals surface area contributed by atoms with Crippen molar-refractivity contribution in [3.05, 3.63) is 53.0 Å². The quantitative estimate of drug-likeness (QED) is 0.716. The molecule has 3 aromatic rings. The molecule has 5 heteroatoms. The molecule has 0 spiro atoms. The summed E-state index contributed by atoms with van der Waals surface area (Å²) in [5, 5.41) is 0.906. The number of imidazole rings is 1. The molecule has 3 rings (SSSR count). The van der Waals surface area contributed by atoms with E-state index in [0.29, 0.717) is 0 Å². The highest BCUT2D eigenvalue weighted by Gasteiger charge is 2.09. The zero-order valence-corrected chi connectivity index (χ0v) is 12.1. The minimum absolute atomic E-state index is 0.809. The average molecular weight is 320 g/mol. The Morgan fingerprint density at radius 1 is 1.28 bits per heavy atom. The molecule has 0 fully saturated rings. The summed E-state index contributed by atoms with van der Waals surface area (Å²) in [6, 6.07) is 8.28. The summed E-state index contributed by atoms with van der Waals surface area (Å²) in [5.74, 6) is 0. The van der Waals surface area contributed by atoms with E-state index in [-0.39, 0.29) is 0 Å². The molecule has 2 heterocycles. The van der Waals surface area contributed by atoms with Crippen molar-refractivity contribution < 1.29 is 0 Å². The van der Waals surface area contributed by atoms with E-state index in [2.05, 4.69) is 45.0 Å². The summed E-state index contributed by atoms with van der Waals surface area (Å²) in [4.78, 5) is 10.1. The van der Waals surface area contributed by atoms with Gasteiger partial charge in [0.05, 0.1) is 0 Å². The Hall–Kier alpha value is -1.33. The molecule has 0 atom stereocenters. The summed E-state index contributed by atoms with van der Waals surface area (Å²) < 4.78 is 2.78. The third-order valence-corrected chi connectivity index (χ3v) is 4.14. The number of hydrogen-bond donors (Lipinski definition) is 0. The molecule has 3 nitrogen and oxygen atoms in total. The van der Waals surface area contributed by atoms with Gasteiger partial charge in [-0.25, -0.2) is 9.97 Å². The summed E-state index contributed by atoms with van der Waals surface area (Å²) in [6.45, 7) is 2.10. The number of halogens is 1. The number of nitrogens with zero attached hydrogens (tertiary/aromatic N) is 3. The second kappa shape index (κ2) is 4.74. The van der Waals surface area contributed by atoms with Crippen molar-refractivity contribution >= 4 is 33.3 Å². The number of hydrogen-bond acceptors (Lipinski definition) is 3. The van der Waals surface area contributed by atoms with Crippen LogP contribution in [0.4, 0.5) is 0 Å². The summed E-state index contributed by atoms with van der Waals surface area (Å²) in [6.07, 6.45) is 5.61. The third kappa shape index (κ3) is 2.15. The summed E-state index contributed by atoms with van der Waals surface area (Å²) in [5.41, 5.74) is 2.13. The van der Waals surface area contributed by atoms with Crippen LogP contribution in [-0.4, -0.2) is 14.4 Å². The van der Waals surface area contributed by atoms with Gasteiger partial charge in [0.1, 0.15) is 9.63 Å². The highest BCUT2D eigenvalue weighted by atomic mass is 79.9. The lowest BCUT2D eigenvalue weighted by molar-refractivity contribution is 1.01. The standard InChI is InChI=1S/C13H10BrN3S/c1-9-4-2-3-5-10(9)18-13-12-15-6-7-17(12)8-11(14)16-13/h2-8H,1H3. The van der Waals surface area contributed by atoms with Gasteiger partial charge in [0.2, 0.25) is 0 Å². The highest BCUT2D eigenvalue weighted by Crippen LogP contribution is 2.31. The molecule has 90 valence electrons. The molecule has 0 bridgehead atoms. The van der Waals surface area contributed by atoms with Gasteiger partial charge in [0.15, 0.2) is 5.65 Å². The van der Waals surface area contributed by atoms with Gasteiger partial charge in [-0.1, -0.05) is 30.0 Å². The van der Waals surface area contributed by atoms with Crippen molar-refractivity contribution in [3.63, 3.8) is 0 Å². The van der Waals surface area contributed by atoms with E-state index in [1.165, 1.54) is 10.5 Å². The van der Waals surface area contributed by atoms with E-state index < -0.39 is 0 Å². The Balaban J connectivity index is 2.10. The van der Waals surface area contributed by atoms with Crippen LogP contribution in [0.15, 0.2) is 57.4 Å². The lowest BCUT2D eigenvalue weighted by atomic mass is 10.2. The van der Waals surface area contributed by atoms with Crippen molar-refractivity contribution in [2.24, 2.45) is 0 Å². The maximum atomic E-state index is 4.51. The second-order valence-electron chi connectivity index (χ2n) is 3.89. The van der Waals surface area contributed by atoms with Crippen LogP contribution < -0.4 is 0 Å². The number of benzene rings is 1. The second-order valence-corrected chi connectivity index (χ2v) is 5.74. The molecule has 0 aliphatic carbocycles. The van der Waals surface area contributed by atoms with E-state index in [0.717, 1.165) is 15.3 Å². The van der Waals surface area contributed by atoms with Crippen LogP contribution in [0.5, 0.6) is 0 Å². The Morgan fingerprint density at radius 3 is 2.94 bits per heavy atom. The van der Waals surface area contributed by atoms with E-state index >= 15 is 0 Å². The fourth-order valence-corrected chi connectivity index (χ4v) is 3.21. The van der Waals surface area contributed by atoms with Crippen LogP contribution in [0.25, 0.3) is 5.65 Å². The molecule has 0 unspecified atom stereocenters. The molecule has 0 aliphatic rings. The average Bonchev–Trinajstić information content (AvgIpc) is 2.80. The predicted octanol–water partition coefficient (Wildman–Crippen LogP) is 3.95. The molecular weight excluding hydrogens is 310 g/mol. The van der Waals surface area contributed by atoms with E-state index in [4.69, 9.17) is 0 Å². The Kier molecular flexibility index (Phi) is 3.09. The molecule has 0 aliphatic heterocycles. The molecule has 2 aromatic heterocycles. The fourth-order valence-electron chi connectivity index (χ4n) is 1.72. The molecule has 0 radical (unpaired) electrons. The first kappa shape index (κ1) is 11.7. The first-order valence-corrected chi connectivity index (χ1v) is 7.08. The molecular formula is C13H10BrN3S. The normalized spacial score (nSPS) is 11.0. The number of aryl methyl sites for hydroxylation is 1. The van der Waals surface area contributed by atoms with Crippen LogP contribution in [-0.2, 0) is 0 Å². The monoisotopic (exact) mass is 319 g/mol. The van der Waals surface area contributed by atoms with Gasteiger partial charge in [-0.05, 0) is 34.5 Å². The van der Waals surface area contributed by atoms with Crippen molar-refractivity contribution in [1.82, 2.24) is 14.4 Å². The first-order valence-electron chi connectivity index (χ1n) is 5.47. The van der Waals surface area contributed by atoms with Crippen molar-refractivity contribution in [2.75, 3.05) is 0 Å². The van der Waals surface area contributed by atoms with Crippen LogP contribution >= 0.6 is 27.7 Å². The van der Waals surface area contributed by atoms with Gasteiger partial charge in [0.25, 0.3) is 0 Å². The molecule has 0 saturated carbocycles. The smallest absolute Gasteiger partial charge is 0.170 e. The van der Waals surface area contributed by atoms with Gasteiger partial charge >= 0.3 is 0 Å². The van der Waals surface area contributed by atoms with Gasteiger partial charge < -0.3 is 4.40 Å². The number of rotatable bonds is 2.